The van der Waals surface area contributed by atoms with Crippen LogP contribution in [0.2, 0.25) is 0 Å². The molecule has 2 fully saturated rings. The van der Waals surface area contributed by atoms with E-state index in [-0.39, 0.29) is 24.3 Å². The molecule has 2 aliphatic rings. The number of nitrogens with zero attached hydrogens (tertiary/aromatic N) is 2. The summed E-state index contributed by atoms with van der Waals surface area (Å²) in [6.07, 6.45) is 6.06. The molecule has 1 aromatic rings. The molecule has 0 aromatic carbocycles. The van der Waals surface area contributed by atoms with Gasteiger partial charge in [-0.3, -0.25) is 9.59 Å². The van der Waals surface area contributed by atoms with Crippen molar-refractivity contribution in [2.45, 2.75) is 32.6 Å². The largest absolute Gasteiger partial charge is 0.333 e. The number of aryl methyl sites for hydroxylation is 1. The first-order chi connectivity index (χ1) is 9.61. The quantitative estimate of drug-likeness (QED) is 0.873. The molecule has 0 saturated heterocycles. The summed E-state index contributed by atoms with van der Waals surface area (Å²) >= 11 is 1.45. The van der Waals surface area contributed by atoms with Gasteiger partial charge in [0, 0.05) is 23.5 Å². The van der Waals surface area contributed by atoms with Crippen LogP contribution >= 0.6 is 11.3 Å². The topological polar surface area (TPSA) is 62.3 Å². The summed E-state index contributed by atoms with van der Waals surface area (Å²) < 4.78 is 0. The number of carbonyl (C=O) groups is 2. The highest BCUT2D eigenvalue weighted by Gasteiger charge is 2.36. The monoisotopic (exact) mass is 293 g/mol. The lowest BCUT2D eigenvalue weighted by Gasteiger charge is -2.21. The first-order valence-corrected chi connectivity index (χ1v) is 7.94. The molecule has 0 radical (unpaired) electrons. The highest BCUT2D eigenvalue weighted by atomic mass is 32.1. The molecule has 5 nitrogen and oxygen atoms in total. The summed E-state index contributed by atoms with van der Waals surface area (Å²) in [5.41, 5.74) is 0. The minimum absolute atomic E-state index is 0.144. The van der Waals surface area contributed by atoms with Gasteiger partial charge in [-0.05, 0) is 38.5 Å². The second-order valence-corrected chi connectivity index (χ2v) is 7.00. The molecular weight excluding hydrogens is 274 g/mol. The zero-order chi connectivity index (χ0) is 14.1. The Morgan fingerprint density at radius 2 is 2.15 bits per heavy atom. The van der Waals surface area contributed by atoms with E-state index in [1.54, 1.807) is 11.1 Å². The van der Waals surface area contributed by atoms with Gasteiger partial charge in [0.05, 0.1) is 6.54 Å². The molecule has 2 amide bonds. The maximum Gasteiger partial charge on any atom is 0.245 e. The molecule has 0 spiro atoms. The number of nitrogens with one attached hydrogen (secondary N) is 1. The highest BCUT2D eigenvalue weighted by Crippen LogP contribution is 2.34. The van der Waals surface area contributed by atoms with Crippen LogP contribution in [0.4, 0.5) is 5.13 Å². The third-order valence-corrected chi connectivity index (χ3v) is 4.44. The van der Waals surface area contributed by atoms with Crippen LogP contribution in [-0.2, 0) is 9.59 Å². The summed E-state index contributed by atoms with van der Waals surface area (Å²) in [5.74, 6) is 0.785. The third-order valence-electron chi connectivity index (χ3n) is 3.62. The van der Waals surface area contributed by atoms with Crippen LogP contribution in [0.5, 0.6) is 0 Å². The Hall–Kier alpha value is -1.43. The zero-order valence-electron chi connectivity index (χ0n) is 11.6. The Morgan fingerprint density at radius 3 is 2.70 bits per heavy atom. The van der Waals surface area contributed by atoms with Crippen molar-refractivity contribution in [1.29, 1.82) is 0 Å². The van der Waals surface area contributed by atoms with E-state index < -0.39 is 0 Å². The van der Waals surface area contributed by atoms with Crippen LogP contribution in [0.25, 0.3) is 0 Å². The number of anilines is 1. The normalized spacial score (nSPS) is 17.9. The van der Waals surface area contributed by atoms with Crippen LogP contribution in [0.1, 0.15) is 30.6 Å². The van der Waals surface area contributed by atoms with Crippen molar-refractivity contribution in [3.05, 3.63) is 11.1 Å². The minimum atomic E-state index is -0.144. The van der Waals surface area contributed by atoms with Crippen molar-refractivity contribution in [3.8, 4) is 0 Å². The predicted molar refractivity (Wildman–Crippen MR) is 77.5 cm³/mol. The van der Waals surface area contributed by atoms with Crippen LogP contribution in [0.3, 0.4) is 0 Å². The van der Waals surface area contributed by atoms with Gasteiger partial charge in [0.1, 0.15) is 0 Å². The fourth-order valence-electron chi connectivity index (χ4n) is 2.18. The van der Waals surface area contributed by atoms with Gasteiger partial charge in [0.25, 0.3) is 0 Å². The fraction of sp³-hybridized carbons (Fsp3) is 0.643. The molecule has 2 saturated carbocycles. The molecule has 3 rings (SSSR count). The van der Waals surface area contributed by atoms with Gasteiger partial charge in [-0.15, -0.1) is 11.3 Å². The summed E-state index contributed by atoms with van der Waals surface area (Å²) in [6, 6.07) is 0. The molecular formula is C14H19N3O2S. The number of hydrogen-bond acceptors (Lipinski definition) is 4. The molecule has 0 bridgehead atoms. The predicted octanol–water partition coefficient (Wildman–Crippen LogP) is 2.04. The van der Waals surface area contributed by atoms with E-state index in [2.05, 4.69) is 10.3 Å². The van der Waals surface area contributed by atoms with Crippen LogP contribution in [-0.4, -0.2) is 34.8 Å². The first-order valence-electron chi connectivity index (χ1n) is 7.13. The second kappa shape index (κ2) is 5.52. The average molecular weight is 293 g/mol. The number of aromatic nitrogens is 1. The Morgan fingerprint density at radius 1 is 1.40 bits per heavy atom. The molecule has 1 aromatic heterocycles. The standard InChI is InChI=1S/C14H19N3O2S/c1-9-6-15-14(20-9)16-12(18)8-17(7-10-2-3-10)13(19)11-4-5-11/h6,10-11H,2-5,7-8H2,1H3,(H,15,16,18). The molecule has 1 N–H and O–H groups in total. The van der Waals surface area contributed by atoms with Gasteiger partial charge in [-0.25, -0.2) is 4.98 Å². The summed E-state index contributed by atoms with van der Waals surface area (Å²) in [6.45, 7) is 2.84. The van der Waals surface area contributed by atoms with Gasteiger partial charge in [0.2, 0.25) is 11.8 Å². The molecule has 2 aliphatic carbocycles. The minimum Gasteiger partial charge on any atom is -0.333 e. The zero-order valence-corrected chi connectivity index (χ0v) is 12.4. The Bertz CT molecular complexity index is 520. The van der Waals surface area contributed by atoms with E-state index in [0.717, 1.165) is 24.3 Å². The lowest BCUT2D eigenvalue weighted by atomic mass is 10.3. The Balaban J connectivity index is 1.56. The molecule has 0 atom stereocenters. The molecule has 6 heteroatoms. The van der Waals surface area contributed by atoms with Crippen LogP contribution in [0, 0.1) is 18.8 Å². The summed E-state index contributed by atoms with van der Waals surface area (Å²) in [5, 5.41) is 3.38. The van der Waals surface area contributed by atoms with E-state index in [1.807, 2.05) is 6.92 Å². The number of thiazole rings is 1. The lowest BCUT2D eigenvalue weighted by Crippen LogP contribution is -2.40. The fourth-order valence-corrected chi connectivity index (χ4v) is 2.86. The van der Waals surface area contributed by atoms with Crippen molar-refractivity contribution in [1.82, 2.24) is 9.88 Å². The molecule has 0 unspecified atom stereocenters. The molecule has 108 valence electrons. The van der Waals surface area contributed by atoms with E-state index in [0.29, 0.717) is 11.0 Å². The SMILES string of the molecule is Cc1cnc(NC(=O)CN(CC2CC2)C(=O)C2CC2)s1. The average Bonchev–Trinajstić information content (AvgIpc) is 3.29. The maximum absolute atomic E-state index is 12.2. The van der Waals surface area contributed by atoms with E-state index in [4.69, 9.17) is 0 Å². The number of carbonyl (C=O) groups excluding carboxylic acids is 2. The van der Waals surface area contributed by atoms with Crippen molar-refractivity contribution in [2.24, 2.45) is 11.8 Å². The Kier molecular flexibility index (Phi) is 3.74. The molecule has 0 aliphatic heterocycles. The van der Waals surface area contributed by atoms with Crippen LogP contribution < -0.4 is 5.32 Å². The van der Waals surface area contributed by atoms with E-state index in [1.165, 1.54) is 24.2 Å². The number of amides is 2. The van der Waals surface area contributed by atoms with Gasteiger partial charge < -0.3 is 10.2 Å². The van der Waals surface area contributed by atoms with Gasteiger partial charge in [-0.1, -0.05) is 0 Å². The van der Waals surface area contributed by atoms with Gasteiger partial charge >= 0.3 is 0 Å². The second-order valence-electron chi connectivity index (χ2n) is 5.76. The summed E-state index contributed by atoms with van der Waals surface area (Å²) in [4.78, 5) is 31.1. The summed E-state index contributed by atoms with van der Waals surface area (Å²) in [7, 11) is 0. The maximum atomic E-state index is 12.2. The lowest BCUT2D eigenvalue weighted by molar-refractivity contribution is -0.136. The smallest absolute Gasteiger partial charge is 0.245 e. The van der Waals surface area contributed by atoms with Crippen molar-refractivity contribution < 1.29 is 9.59 Å². The Labute approximate surface area is 122 Å². The van der Waals surface area contributed by atoms with Crippen molar-refractivity contribution in [3.63, 3.8) is 0 Å². The van der Waals surface area contributed by atoms with E-state index >= 15 is 0 Å². The molecule has 1 heterocycles. The van der Waals surface area contributed by atoms with E-state index in [9.17, 15) is 9.59 Å². The number of rotatable bonds is 6. The number of hydrogen-bond donors (Lipinski definition) is 1. The third kappa shape index (κ3) is 3.56. The van der Waals surface area contributed by atoms with Crippen molar-refractivity contribution >= 4 is 28.3 Å². The molecule has 20 heavy (non-hydrogen) atoms. The van der Waals surface area contributed by atoms with Crippen molar-refractivity contribution in [2.75, 3.05) is 18.4 Å². The van der Waals surface area contributed by atoms with Gasteiger partial charge in [-0.2, -0.15) is 0 Å². The van der Waals surface area contributed by atoms with Gasteiger partial charge in [0.15, 0.2) is 5.13 Å². The van der Waals surface area contributed by atoms with Crippen LogP contribution in [0.15, 0.2) is 6.20 Å². The first kappa shape index (κ1) is 13.5. The highest BCUT2D eigenvalue weighted by molar-refractivity contribution is 7.15.